The Morgan fingerprint density at radius 2 is 2.07 bits per heavy atom. The maximum absolute atomic E-state index is 12.9. The van der Waals surface area contributed by atoms with E-state index in [0.29, 0.717) is 43.4 Å². The predicted molar refractivity (Wildman–Crippen MR) is 105 cm³/mol. The number of para-hydroxylation sites is 2. The fourth-order valence-corrected chi connectivity index (χ4v) is 3.12. The third-order valence-electron chi connectivity index (χ3n) is 4.75. The lowest BCUT2D eigenvalue weighted by Crippen LogP contribution is -2.47. The van der Waals surface area contributed by atoms with E-state index in [0.717, 1.165) is 5.56 Å². The smallest absolute Gasteiger partial charge is 0.254 e. The summed E-state index contributed by atoms with van der Waals surface area (Å²) in [6.45, 7) is 3.59. The zero-order valence-electron chi connectivity index (χ0n) is 16.1. The molecular weight excluding hydrogens is 356 g/mol. The molecule has 6 nitrogen and oxygen atoms in total. The molecule has 0 spiro atoms. The summed E-state index contributed by atoms with van der Waals surface area (Å²) in [4.78, 5) is 14.7. The lowest BCUT2D eigenvalue weighted by molar-refractivity contribution is -0.0403. The zero-order valence-corrected chi connectivity index (χ0v) is 16.1. The first-order valence-electron chi connectivity index (χ1n) is 9.28. The quantitative estimate of drug-likeness (QED) is 0.769. The molecule has 1 saturated heterocycles. The second-order valence-corrected chi connectivity index (χ2v) is 6.68. The monoisotopic (exact) mass is 380 g/mol. The number of rotatable bonds is 6. The van der Waals surface area contributed by atoms with Gasteiger partial charge in [-0.05, 0) is 36.8 Å². The first-order valence-corrected chi connectivity index (χ1v) is 9.28. The number of carbonyl (C=O) groups excluding carboxylic acids is 1. The number of ether oxygens (including phenoxy) is 3. The average Bonchev–Trinajstić information content (AvgIpc) is 2.77. The number of benzene rings is 2. The number of methoxy groups -OCH3 is 1. The van der Waals surface area contributed by atoms with Crippen LogP contribution in [0.4, 0.5) is 0 Å². The first-order chi connectivity index (χ1) is 13.6. The molecule has 0 radical (unpaired) electrons. The maximum atomic E-state index is 12.9. The van der Waals surface area contributed by atoms with Crippen molar-refractivity contribution in [1.82, 2.24) is 4.90 Å². The van der Waals surface area contributed by atoms with Gasteiger partial charge in [0.25, 0.3) is 5.91 Å². The van der Waals surface area contributed by atoms with Gasteiger partial charge in [0.15, 0.2) is 11.5 Å². The van der Waals surface area contributed by atoms with Gasteiger partial charge in [0.05, 0.1) is 32.2 Å². The molecule has 2 aromatic carbocycles. The van der Waals surface area contributed by atoms with Crippen LogP contribution in [-0.2, 0) is 4.74 Å². The van der Waals surface area contributed by atoms with E-state index in [-0.39, 0.29) is 17.9 Å². The van der Waals surface area contributed by atoms with Gasteiger partial charge < -0.3 is 19.1 Å². The van der Waals surface area contributed by atoms with Crippen molar-refractivity contribution in [2.75, 3.05) is 33.4 Å². The number of hydrogen-bond acceptors (Lipinski definition) is 5. The number of nitriles is 1. The molecule has 2 atom stereocenters. The van der Waals surface area contributed by atoms with Crippen molar-refractivity contribution in [2.24, 2.45) is 0 Å². The van der Waals surface area contributed by atoms with E-state index in [1.54, 1.807) is 24.1 Å². The molecule has 6 heteroatoms. The van der Waals surface area contributed by atoms with Crippen molar-refractivity contribution < 1.29 is 19.0 Å². The van der Waals surface area contributed by atoms with Gasteiger partial charge in [0.2, 0.25) is 0 Å². The van der Waals surface area contributed by atoms with E-state index in [1.165, 1.54) is 0 Å². The highest BCUT2D eigenvalue weighted by Crippen LogP contribution is 2.26. The minimum atomic E-state index is -0.251. The summed E-state index contributed by atoms with van der Waals surface area (Å²) in [5.74, 6) is 1.00. The molecule has 1 fully saturated rings. The number of amides is 1. The molecule has 1 amide bonds. The predicted octanol–water partition coefficient (Wildman–Crippen LogP) is 3.24. The van der Waals surface area contributed by atoms with E-state index >= 15 is 0 Å². The molecule has 2 aromatic rings. The topological polar surface area (TPSA) is 71.8 Å². The van der Waals surface area contributed by atoms with Gasteiger partial charge in [-0.15, -0.1) is 0 Å². The van der Waals surface area contributed by atoms with Crippen LogP contribution in [0.1, 0.15) is 28.8 Å². The Hall–Kier alpha value is -3.04. The molecule has 3 rings (SSSR count). The van der Waals surface area contributed by atoms with Crippen LogP contribution in [0.3, 0.4) is 0 Å². The molecule has 0 aromatic heterocycles. The summed E-state index contributed by atoms with van der Waals surface area (Å²) < 4.78 is 16.9. The van der Waals surface area contributed by atoms with Crippen LogP contribution in [0.2, 0.25) is 0 Å². The van der Waals surface area contributed by atoms with Crippen molar-refractivity contribution >= 4 is 5.91 Å². The molecular formula is C22H24N2O4. The van der Waals surface area contributed by atoms with Crippen molar-refractivity contribution in [3.05, 3.63) is 59.7 Å². The number of morpholine rings is 1. The Morgan fingerprint density at radius 3 is 2.82 bits per heavy atom. The highest BCUT2D eigenvalue weighted by molar-refractivity contribution is 5.94. The van der Waals surface area contributed by atoms with Gasteiger partial charge in [0.1, 0.15) is 12.7 Å². The Bertz CT molecular complexity index is 862. The Kier molecular flexibility index (Phi) is 6.51. The molecule has 0 aliphatic carbocycles. The molecule has 1 aliphatic rings. The lowest BCUT2D eigenvalue weighted by Gasteiger charge is -2.33. The Morgan fingerprint density at radius 1 is 1.29 bits per heavy atom. The van der Waals surface area contributed by atoms with E-state index in [9.17, 15) is 4.79 Å². The average molecular weight is 380 g/mol. The molecule has 28 heavy (non-hydrogen) atoms. The van der Waals surface area contributed by atoms with Crippen LogP contribution in [0, 0.1) is 11.3 Å². The van der Waals surface area contributed by atoms with Crippen LogP contribution in [0.5, 0.6) is 11.5 Å². The normalized spacial score (nSPS) is 17.5. The third-order valence-corrected chi connectivity index (χ3v) is 4.75. The van der Waals surface area contributed by atoms with Gasteiger partial charge in [-0.2, -0.15) is 5.26 Å². The highest BCUT2D eigenvalue weighted by atomic mass is 16.5. The molecule has 2 unspecified atom stereocenters. The molecule has 1 aliphatic heterocycles. The van der Waals surface area contributed by atoms with Crippen LogP contribution >= 0.6 is 0 Å². The number of hydrogen-bond donors (Lipinski definition) is 0. The fourth-order valence-electron chi connectivity index (χ4n) is 3.12. The van der Waals surface area contributed by atoms with Gasteiger partial charge in [0, 0.05) is 12.1 Å². The summed E-state index contributed by atoms with van der Waals surface area (Å²) in [6, 6.07) is 16.9. The van der Waals surface area contributed by atoms with E-state index in [1.807, 2.05) is 43.3 Å². The fraction of sp³-hybridized carbons (Fsp3) is 0.364. The zero-order chi connectivity index (χ0) is 19.9. The summed E-state index contributed by atoms with van der Waals surface area (Å²) >= 11 is 0. The second-order valence-electron chi connectivity index (χ2n) is 6.68. The summed E-state index contributed by atoms with van der Waals surface area (Å²) in [5.41, 5.74) is 1.43. The van der Waals surface area contributed by atoms with E-state index in [2.05, 4.69) is 6.07 Å². The van der Waals surface area contributed by atoms with Crippen molar-refractivity contribution in [1.29, 1.82) is 5.26 Å². The largest absolute Gasteiger partial charge is 0.493 e. The van der Waals surface area contributed by atoms with Crippen molar-refractivity contribution in [2.45, 2.75) is 18.9 Å². The van der Waals surface area contributed by atoms with Gasteiger partial charge >= 0.3 is 0 Å². The molecule has 1 heterocycles. The van der Waals surface area contributed by atoms with E-state index < -0.39 is 0 Å². The Balaban J connectivity index is 1.63. The van der Waals surface area contributed by atoms with Crippen molar-refractivity contribution in [3.8, 4) is 17.6 Å². The molecule has 0 saturated carbocycles. The number of carbonyl (C=O) groups is 1. The van der Waals surface area contributed by atoms with E-state index in [4.69, 9.17) is 19.5 Å². The number of nitrogens with zero attached hydrogens (tertiary/aromatic N) is 2. The van der Waals surface area contributed by atoms with Crippen LogP contribution in [-0.4, -0.2) is 50.3 Å². The van der Waals surface area contributed by atoms with Crippen LogP contribution < -0.4 is 9.47 Å². The SMILES string of the molecule is COc1ccccc1OCC1CN(C(=O)c2cccc(C(C)C#N)c2)CCO1. The third kappa shape index (κ3) is 4.62. The molecule has 146 valence electrons. The minimum absolute atomic E-state index is 0.0578. The molecule has 0 N–H and O–H groups in total. The first kappa shape index (κ1) is 19.7. The summed E-state index contributed by atoms with van der Waals surface area (Å²) in [5, 5.41) is 9.11. The van der Waals surface area contributed by atoms with Crippen molar-refractivity contribution in [3.63, 3.8) is 0 Å². The molecule has 0 bridgehead atoms. The maximum Gasteiger partial charge on any atom is 0.254 e. The van der Waals surface area contributed by atoms with Gasteiger partial charge in [-0.25, -0.2) is 0 Å². The van der Waals surface area contributed by atoms with Gasteiger partial charge in [-0.1, -0.05) is 24.3 Å². The highest BCUT2D eigenvalue weighted by Gasteiger charge is 2.26. The minimum Gasteiger partial charge on any atom is -0.493 e. The van der Waals surface area contributed by atoms with Crippen LogP contribution in [0.25, 0.3) is 0 Å². The lowest BCUT2D eigenvalue weighted by atomic mass is 10.00. The summed E-state index contributed by atoms with van der Waals surface area (Å²) in [7, 11) is 1.60. The summed E-state index contributed by atoms with van der Waals surface area (Å²) in [6.07, 6.45) is -0.219. The van der Waals surface area contributed by atoms with Gasteiger partial charge in [-0.3, -0.25) is 4.79 Å². The second kappa shape index (κ2) is 9.25. The van der Waals surface area contributed by atoms with Crippen LogP contribution in [0.15, 0.2) is 48.5 Å². The Labute approximate surface area is 165 Å². The standard InChI is InChI=1S/C22H24N2O4/c1-16(13-23)17-6-5-7-18(12-17)22(25)24-10-11-27-19(14-24)15-28-21-9-4-3-8-20(21)26-2/h3-9,12,16,19H,10-11,14-15H2,1-2H3.